The van der Waals surface area contributed by atoms with E-state index in [0.717, 1.165) is 28.9 Å². The Labute approximate surface area is 145 Å². The third kappa shape index (κ3) is 3.63. The van der Waals surface area contributed by atoms with Crippen molar-refractivity contribution >= 4 is 11.9 Å². The van der Waals surface area contributed by atoms with Gasteiger partial charge in [0, 0.05) is 24.4 Å². The second-order valence-corrected chi connectivity index (χ2v) is 6.42. The standard InChI is InChI=1S/C19H20N2O4/c1-11(2)17(19(23)24)21-18(22)15-8-14(9-20-10-15)12-3-4-16-13(7-12)5-6-25-16/h3-4,7-11,17H,5-6H2,1-2H3,(H,21,22)(H,23,24)/t17-/m0/s1. The number of carbonyl (C=O) groups excluding carboxylic acids is 1. The van der Waals surface area contributed by atoms with E-state index >= 15 is 0 Å². The number of fused-ring (bicyclic) bond motifs is 1. The minimum atomic E-state index is -1.05. The third-order valence-corrected chi connectivity index (χ3v) is 4.24. The van der Waals surface area contributed by atoms with Crippen molar-refractivity contribution in [2.24, 2.45) is 5.92 Å². The van der Waals surface area contributed by atoms with Crippen LogP contribution >= 0.6 is 0 Å². The minimum absolute atomic E-state index is 0.214. The molecule has 1 aliphatic rings. The van der Waals surface area contributed by atoms with Crippen molar-refractivity contribution in [3.63, 3.8) is 0 Å². The molecule has 0 saturated carbocycles. The first-order valence-electron chi connectivity index (χ1n) is 8.20. The molecular formula is C19H20N2O4. The number of hydrogen-bond acceptors (Lipinski definition) is 4. The third-order valence-electron chi connectivity index (χ3n) is 4.24. The number of nitrogens with zero attached hydrogens (tertiary/aromatic N) is 1. The number of ether oxygens (including phenoxy) is 1. The molecule has 0 bridgehead atoms. The highest BCUT2D eigenvalue weighted by Gasteiger charge is 2.24. The number of aliphatic carboxylic acids is 1. The molecule has 0 radical (unpaired) electrons. The number of hydrogen-bond donors (Lipinski definition) is 2. The molecular weight excluding hydrogens is 320 g/mol. The SMILES string of the molecule is CC(C)[C@H](NC(=O)c1cncc(-c2ccc3c(c2)CCO3)c1)C(=O)O. The molecule has 1 amide bonds. The van der Waals surface area contributed by atoms with Gasteiger partial charge >= 0.3 is 5.97 Å². The summed E-state index contributed by atoms with van der Waals surface area (Å²) in [6.45, 7) is 4.19. The maximum atomic E-state index is 12.4. The summed E-state index contributed by atoms with van der Waals surface area (Å²) in [7, 11) is 0. The van der Waals surface area contributed by atoms with Gasteiger partial charge < -0.3 is 15.2 Å². The second kappa shape index (κ2) is 6.93. The van der Waals surface area contributed by atoms with E-state index < -0.39 is 17.9 Å². The molecule has 0 aliphatic carbocycles. The van der Waals surface area contributed by atoms with Gasteiger partial charge in [-0.25, -0.2) is 4.79 Å². The van der Waals surface area contributed by atoms with Crippen LogP contribution in [0, 0.1) is 5.92 Å². The average molecular weight is 340 g/mol. The highest BCUT2D eigenvalue weighted by atomic mass is 16.5. The van der Waals surface area contributed by atoms with Gasteiger partial charge in [-0.2, -0.15) is 0 Å². The normalized spacial score (nSPS) is 13.9. The molecule has 2 N–H and O–H groups in total. The Kier molecular flexibility index (Phi) is 4.70. The Morgan fingerprint density at radius 2 is 2.00 bits per heavy atom. The fourth-order valence-electron chi connectivity index (χ4n) is 2.83. The zero-order chi connectivity index (χ0) is 18.0. The Bertz CT molecular complexity index is 817. The van der Waals surface area contributed by atoms with Crippen molar-refractivity contribution in [2.45, 2.75) is 26.3 Å². The number of carboxylic acids is 1. The summed E-state index contributed by atoms with van der Waals surface area (Å²) < 4.78 is 5.50. The predicted molar refractivity (Wildman–Crippen MR) is 92.6 cm³/mol. The summed E-state index contributed by atoms with van der Waals surface area (Å²) in [5, 5.41) is 11.8. The van der Waals surface area contributed by atoms with Crippen molar-refractivity contribution in [1.29, 1.82) is 0 Å². The van der Waals surface area contributed by atoms with Crippen molar-refractivity contribution in [3.05, 3.63) is 47.8 Å². The zero-order valence-electron chi connectivity index (χ0n) is 14.2. The van der Waals surface area contributed by atoms with Gasteiger partial charge in [0.25, 0.3) is 5.91 Å². The van der Waals surface area contributed by atoms with Crippen molar-refractivity contribution in [1.82, 2.24) is 10.3 Å². The van der Waals surface area contributed by atoms with Crippen molar-refractivity contribution in [3.8, 4) is 16.9 Å². The lowest BCUT2D eigenvalue weighted by Crippen LogP contribution is -2.44. The fourth-order valence-corrected chi connectivity index (χ4v) is 2.83. The number of carbonyl (C=O) groups is 2. The summed E-state index contributed by atoms with van der Waals surface area (Å²) in [4.78, 5) is 27.8. The number of benzene rings is 1. The molecule has 2 aromatic rings. The van der Waals surface area contributed by atoms with Crippen LogP contribution in [-0.2, 0) is 11.2 Å². The summed E-state index contributed by atoms with van der Waals surface area (Å²) in [5.41, 5.74) is 3.23. The van der Waals surface area contributed by atoms with E-state index in [9.17, 15) is 14.7 Å². The Morgan fingerprint density at radius 1 is 1.20 bits per heavy atom. The van der Waals surface area contributed by atoms with Crippen LogP contribution < -0.4 is 10.1 Å². The van der Waals surface area contributed by atoms with Crippen LogP contribution in [0.1, 0.15) is 29.8 Å². The summed E-state index contributed by atoms with van der Waals surface area (Å²) in [6.07, 6.45) is 3.99. The number of carboxylic acid groups (broad SMARTS) is 1. The highest BCUT2D eigenvalue weighted by molar-refractivity contribution is 5.97. The van der Waals surface area contributed by atoms with Gasteiger partial charge in [-0.1, -0.05) is 19.9 Å². The predicted octanol–water partition coefficient (Wildman–Crippen LogP) is 2.52. The molecule has 0 spiro atoms. The first-order valence-corrected chi connectivity index (χ1v) is 8.20. The minimum Gasteiger partial charge on any atom is -0.493 e. The van der Waals surface area contributed by atoms with Crippen LogP contribution in [0.4, 0.5) is 0 Å². The Hall–Kier alpha value is -2.89. The lowest BCUT2D eigenvalue weighted by molar-refractivity contribution is -0.140. The molecule has 1 atom stereocenters. The van der Waals surface area contributed by atoms with E-state index in [-0.39, 0.29) is 5.92 Å². The van der Waals surface area contributed by atoms with E-state index in [1.165, 1.54) is 6.20 Å². The summed E-state index contributed by atoms with van der Waals surface area (Å²) >= 11 is 0. The second-order valence-electron chi connectivity index (χ2n) is 6.42. The molecule has 25 heavy (non-hydrogen) atoms. The number of rotatable bonds is 5. The van der Waals surface area contributed by atoms with Gasteiger partial charge in [-0.3, -0.25) is 9.78 Å². The first-order chi connectivity index (χ1) is 12.0. The molecule has 1 aliphatic heterocycles. The summed E-state index contributed by atoms with van der Waals surface area (Å²) in [5.74, 6) is -0.813. The molecule has 3 rings (SSSR count). The zero-order valence-corrected chi connectivity index (χ0v) is 14.2. The van der Waals surface area contributed by atoms with E-state index in [2.05, 4.69) is 10.3 Å². The Morgan fingerprint density at radius 3 is 2.72 bits per heavy atom. The molecule has 0 saturated heterocycles. The molecule has 0 unspecified atom stereocenters. The fraction of sp³-hybridized carbons (Fsp3) is 0.316. The topological polar surface area (TPSA) is 88.5 Å². The highest BCUT2D eigenvalue weighted by Crippen LogP contribution is 2.30. The lowest BCUT2D eigenvalue weighted by Gasteiger charge is -2.18. The van der Waals surface area contributed by atoms with Crippen LogP contribution in [0.3, 0.4) is 0 Å². The smallest absolute Gasteiger partial charge is 0.326 e. The van der Waals surface area contributed by atoms with Crippen molar-refractivity contribution in [2.75, 3.05) is 6.61 Å². The monoisotopic (exact) mass is 340 g/mol. The Balaban J connectivity index is 1.84. The molecule has 1 aromatic heterocycles. The average Bonchev–Trinajstić information content (AvgIpc) is 3.06. The quantitative estimate of drug-likeness (QED) is 0.873. The maximum absolute atomic E-state index is 12.4. The van der Waals surface area contributed by atoms with Gasteiger partial charge in [0.05, 0.1) is 12.2 Å². The molecule has 6 heteroatoms. The van der Waals surface area contributed by atoms with Crippen LogP contribution in [0.2, 0.25) is 0 Å². The van der Waals surface area contributed by atoms with E-state index in [1.54, 1.807) is 26.1 Å². The summed E-state index contributed by atoms with van der Waals surface area (Å²) in [6, 6.07) is 6.67. The van der Waals surface area contributed by atoms with Gasteiger partial charge in [-0.15, -0.1) is 0 Å². The molecule has 6 nitrogen and oxygen atoms in total. The number of nitrogens with one attached hydrogen (secondary N) is 1. The van der Waals surface area contributed by atoms with Gasteiger partial charge in [-0.05, 0) is 35.2 Å². The van der Waals surface area contributed by atoms with Crippen LogP contribution in [-0.4, -0.2) is 34.6 Å². The van der Waals surface area contributed by atoms with E-state index in [0.29, 0.717) is 12.2 Å². The van der Waals surface area contributed by atoms with E-state index in [1.807, 2.05) is 18.2 Å². The first kappa shape index (κ1) is 17.0. The van der Waals surface area contributed by atoms with Crippen LogP contribution in [0.5, 0.6) is 5.75 Å². The number of aromatic nitrogens is 1. The van der Waals surface area contributed by atoms with Gasteiger partial charge in [0.15, 0.2) is 0 Å². The van der Waals surface area contributed by atoms with E-state index in [4.69, 9.17) is 4.74 Å². The molecule has 1 aromatic carbocycles. The van der Waals surface area contributed by atoms with Crippen molar-refractivity contribution < 1.29 is 19.4 Å². The van der Waals surface area contributed by atoms with Gasteiger partial charge in [0.1, 0.15) is 11.8 Å². The molecule has 130 valence electrons. The maximum Gasteiger partial charge on any atom is 0.326 e. The largest absolute Gasteiger partial charge is 0.493 e. The number of amides is 1. The number of pyridine rings is 1. The van der Waals surface area contributed by atoms with Gasteiger partial charge in [0.2, 0.25) is 0 Å². The molecule has 0 fully saturated rings. The van der Waals surface area contributed by atoms with Crippen LogP contribution in [0.15, 0.2) is 36.7 Å². The molecule has 2 heterocycles. The van der Waals surface area contributed by atoms with Crippen LogP contribution in [0.25, 0.3) is 11.1 Å². The lowest BCUT2D eigenvalue weighted by atomic mass is 10.0.